The predicted octanol–water partition coefficient (Wildman–Crippen LogP) is -1.68. The van der Waals surface area contributed by atoms with Gasteiger partial charge in [0.25, 0.3) is 0 Å². The molecule has 8 nitrogen and oxygen atoms in total. The van der Waals surface area contributed by atoms with Gasteiger partial charge in [0.05, 0.1) is 12.8 Å². The minimum Gasteiger partial charge on any atom is -0.481 e. The second kappa shape index (κ2) is 4.51. The normalized spacial score (nSPS) is 13.9. The van der Waals surface area contributed by atoms with Crippen LogP contribution in [0.3, 0.4) is 0 Å². The molecule has 0 amide bonds. The molecule has 0 spiro atoms. The maximum atomic E-state index is 10.6. The number of aliphatic hydroxyl groups is 1. The molecule has 0 aliphatic rings. The Hall–Kier alpha value is -1.96. The Labute approximate surface area is 82.8 Å². The zero-order valence-corrected chi connectivity index (χ0v) is 7.34. The summed E-state index contributed by atoms with van der Waals surface area (Å²) >= 11 is 0. The number of carboxylic acid groups (broad SMARTS) is 3. The summed E-state index contributed by atoms with van der Waals surface area (Å²) in [5.41, 5.74) is -2.89. The first-order valence-electron chi connectivity index (χ1n) is 3.63. The van der Waals surface area contributed by atoms with Crippen molar-refractivity contribution < 1.29 is 39.6 Å². The van der Waals surface area contributed by atoms with Gasteiger partial charge >= 0.3 is 17.9 Å². The molecule has 8 heteroatoms. The Morgan fingerprint density at radius 1 is 0.933 bits per heavy atom. The predicted molar refractivity (Wildman–Crippen MR) is 42.1 cm³/mol. The van der Waals surface area contributed by atoms with E-state index in [-0.39, 0.29) is 0 Å². The number of ketones is 1. The van der Waals surface area contributed by atoms with Gasteiger partial charge in [-0.15, -0.1) is 0 Å². The summed E-state index contributed by atoms with van der Waals surface area (Å²) in [6.07, 6.45) is -2.54. The van der Waals surface area contributed by atoms with Crippen LogP contribution in [0.4, 0.5) is 0 Å². The lowest BCUT2D eigenvalue weighted by Gasteiger charge is -2.19. The molecule has 0 unspecified atom stereocenters. The van der Waals surface area contributed by atoms with Crippen LogP contribution in [0.2, 0.25) is 0 Å². The van der Waals surface area contributed by atoms with Crippen LogP contribution < -0.4 is 0 Å². The average Bonchev–Trinajstić information content (AvgIpc) is 2.01. The van der Waals surface area contributed by atoms with Gasteiger partial charge in [-0.2, -0.15) is 0 Å². The smallest absolute Gasteiger partial charge is 0.372 e. The molecule has 15 heavy (non-hydrogen) atoms. The molecule has 0 aliphatic carbocycles. The first kappa shape index (κ1) is 13.0. The zero-order valence-electron chi connectivity index (χ0n) is 7.34. The highest BCUT2D eigenvalue weighted by molar-refractivity contribution is 6.33. The molecule has 0 aromatic heterocycles. The van der Waals surface area contributed by atoms with Crippen molar-refractivity contribution in [3.05, 3.63) is 0 Å². The number of carbonyl (C=O) groups excluding carboxylic acids is 1. The van der Waals surface area contributed by atoms with E-state index in [4.69, 9.17) is 15.3 Å². The molecule has 4 N–H and O–H groups in total. The zero-order chi connectivity index (χ0) is 12.2. The second-order valence-electron chi connectivity index (χ2n) is 2.81. The summed E-state index contributed by atoms with van der Waals surface area (Å²) in [6.45, 7) is 0. The molecule has 0 fully saturated rings. The van der Waals surface area contributed by atoms with Gasteiger partial charge < -0.3 is 20.4 Å². The highest BCUT2D eigenvalue weighted by atomic mass is 16.4. The van der Waals surface area contributed by atoms with Gasteiger partial charge in [-0.3, -0.25) is 9.59 Å². The summed E-state index contributed by atoms with van der Waals surface area (Å²) in [5, 5.41) is 34.1. The fourth-order valence-corrected chi connectivity index (χ4v) is 0.805. The van der Waals surface area contributed by atoms with Crippen LogP contribution in [0.1, 0.15) is 12.8 Å². The van der Waals surface area contributed by atoms with Gasteiger partial charge in [-0.05, 0) is 0 Å². The van der Waals surface area contributed by atoms with E-state index in [2.05, 4.69) is 0 Å². The molecule has 84 valence electrons. The summed E-state index contributed by atoms with van der Waals surface area (Å²) in [7, 11) is 0. The van der Waals surface area contributed by atoms with E-state index in [9.17, 15) is 24.3 Å². The number of hydrogen-bond donors (Lipinski definition) is 4. The first-order chi connectivity index (χ1) is 6.69. The van der Waals surface area contributed by atoms with Crippen LogP contribution in [0.15, 0.2) is 0 Å². The molecule has 0 radical (unpaired) electrons. The molecular formula is C7H8O8. The third-order valence-electron chi connectivity index (χ3n) is 1.53. The summed E-state index contributed by atoms with van der Waals surface area (Å²) in [6, 6.07) is 0. The van der Waals surface area contributed by atoms with Crippen molar-refractivity contribution in [3.8, 4) is 0 Å². The Morgan fingerprint density at radius 3 is 1.67 bits per heavy atom. The summed E-state index contributed by atoms with van der Waals surface area (Å²) in [4.78, 5) is 41.4. The highest BCUT2D eigenvalue weighted by Gasteiger charge is 2.42. The van der Waals surface area contributed by atoms with Crippen LogP contribution in [-0.4, -0.2) is 49.7 Å². The number of carbonyl (C=O) groups is 4. The minimum absolute atomic E-state index is 1.25. The molecular weight excluding hydrogens is 212 g/mol. The van der Waals surface area contributed by atoms with Crippen LogP contribution in [0, 0.1) is 0 Å². The van der Waals surface area contributed by atoms with Gasteiger partial charge in [-0.1, -0.05) is 0 Å². The van der Waals surface area contributed by atoms with Gasteiger partial charge in [0.15, 0.2) is 5.60 Å². The third-order valence-corrected chi connectivity index (χ3v) is 1.53. The average molecular weight is 220 g/mol. The third kappa shape index (κ3) is 3.73. The van der Waals surface area contributed by atoms with E-state index in [0.29, 0.717) is 0 Å². The quantitative estimate of drug-likeness (QED) is 0.387. The Bertz CT molecular complexity index is 319. The number of Topliss-reactive ketones (excluding diaryl/α,β-unsaturated/α-hetero) is 1. The van der Waals surface area contributed by atoms with Crippen LogP contribution in [0.25, 0.3) is 0 Å². The van der Waals surface area contributed by atoms with E-state index < -0.39 is 42.1 Å². The fraction of sp³-hybridized carbons (Fsp3) is 0.429. The van der Waals surface area contributed by atoms with Gasteiger partial charge in [0.2, 0.25) is 5.78 Å². The lowest BCUT2D eigenvalue weighted by molar-refractivity contribution is -0.169. The second-order valence-corrected chi connectivity index (χ2v) is 2.81. The van der Waals surface area contributed by atoms with Crippen molar-refractivity contribution in [1.29, 1.82) is 0 Å². The molecule has 0 aromatic carbocycles. The van der Waals surface area contributed by atoms with Gasteiger partial charge in [0.1, 0.15) is 0 Å². The van der Waals surface area contributed by atoms with Crippen molar-refractivity contribution in [3.63, 3.8) is 0 Å². The highest BCUT2D eigenvalue weighted by Crippen LogP contribution is 2.16. The van der Waals surface area contributed by atoms with Crippen molar-refractivity contribution in [2.24, 2.45) is 0 Å². The SMILES string of the molecule is O=C(O)C[C@@](O)(CC(=O)C(=O)O)C(=O)O. The molecule has 0 aromatic rings. The van der Waals surface area contributed by atoms with Crippen LogP contribution in [0.5, 0.6) is 0 Å². The van der Waals surface area contributed by atoms with E-state index >= 15 is 0 Å². The molecule has 0 bridgehead atoms. The molecule has 0 saturated carbocycles. The number of hydrogen-bond acceptors (Lipinski definition) is 5. The molecule has 0 saturated heterocycles. The molecule has 0 aliphatic heterocycles. The maximum Gasteiger partial charge on any atom is 0.372 e. The lowest BCUT2D eigenvalue weighted by Crippen LogP contribution is -2.43. The maximum absolute atomic E-state index is 10.6. The lowest BCUT2D eigenvalue weighted by atomic mass is 9.93. The van der Waals surface area contributed by atoms with Crippen molar-refractivity contribution >= 4 is 23.7 Å². The Morgan fingerprint density at radius 2 is 1.40 bits per heavy atom. The molecule has 0 heterocycles. The topological polar surface area (TPSA) is 149 Å². The van der Waals surface area contributed by atoms with Crippen LogP contribution >= 0.6 is 0 Å². The van der Waals surface area contributed by atoms with Crippen molar-refractivity contribution in [1.82, 2.24) is 0 Å². The summed E-state index contributed by atoms with van der Waals surface area (Å²) in [5.74, 6) is -7.11. The first-order valence-corrected chi connectivity index (χ1v) is 3.63. The number of rotatable bonds is 6. The Balaban J connectivity index is 4.81. The van der Waals surface area contributed by atoms with Crippen molar-refractivity contribution in [2.75, 3.05) is 0 Å². The van der Waals surface area contributed by atoms with Crippen LogP contribution in [-0.2, 0) is 19.2 Å². The largest absolute Gasteiger partial charge is 0.481 e. The van der Waals surface area contributed by atoms with Gasteiger partial charge in [0, 0.05) is 0 Å². The van der Waals surface area contributed by atoms with E-state index in [0.717, 1.165) is 0 Å². The number of aliphatic carboxylic acids is 3. The van der Waals surface area contributed by atoms with E-state index in [1.807, 2.05) is 0 Å². The summed E-state index contributed by atoms with van der Waals surface area (Å²) < 4.78 is 0. The Kier molecular flexibility index (Phi) is 3.92. The minimum atomic E-state index is -2.89. The molecule has 0 rings (SSSR count). The standard InChI is InChI=1S/C7H8O8/c8-3(5(11)12)1-7(15,6(13)14)2-4(9)10/h15H,1-2H2,(H,9,10)(H,11,12)(H,13,14)/t7-/m0/s1. The van der Waals surface area contributed by atoms with Crippen molar-refractivity contribution in [2.45, 2.75) is 18.4 Å². The van der Waals surface area contributed by atoms with E-state index in [1.165, 1.54) is 0 Å². The van der Waals surface area contributed by atoms with Gasteiger partial charge in [-0.25, -0.2) is 9.59 Å². The van der Waals surface area contributed by atoms with E-state index in [1.54, 1.807) is 0 Å². The fourth-order valence-electron chi connectivity index (χ4n) is 0.805. The number of carboxylic acids is 3. The monoisotopic (exact) mass is 220 g/mol. The molecule has 1 atom stereocenters.